The molecule has 4 atom stereocenters. The lowest BCUT2D eigenvalue weighted by Crippen LogP contribution is -2.58. The Morgan fingerprint density at radius 1 is 1.03 bits per heavy atom. The third-order valence-electron chi connectivity index (χ3n) is 5.08. The normalized spacial score (nSPS) is 14.4. The Labute approximate surface area is 207 Å². The molecule has 196 valence electrons. The molecule has 0 aromatic carbocycles. The van der Waals surface area contributed by atoms with Crippen LogP contribution in [0.1, 0.15) is 38.8 Å². The van der Waals surface area contributed by atoms with Gasteiger partial charge in [-0.15, -0.1) is 0 Å². The van der Waals surface area contributed by atoms with Gasteiger partial charge in [-0.25, -0.2) is 9.78 Å². The first-order valence-corrected chi connectivity index (χ1v) is 12.4. The fraction of sp³-hybridized carbons (Fsp3) is 0.619. The van der Waals surface area contributed by atoms with E-state index in [1.165, 1.54) is 24.3 Å². The molecule has 0 aliphatic carbocycles. The molecule has 35 heavy (non-hydrogen) atoms. The van der Waals surface area contributed by atoms with Gasteiger partial charge < -0.3 is 36.9 Å². The first kappa shape index (κ1) is 29.9. The third kappa shape index (κ3) is 10.8. The third-order valence-corrected chi connectivity index (χ3v) is 5.73. The molecule has 1 heterocycles. The number of carbonyl (C=O) groups excluding carboxylic acids is 3. The van der Waals surface area contributed by atoms with E-state index in [0.29, 0.717) is 11.4 Å². The molecule has 8 N–H and O–H groups in total. The lowest BCUT2D eigenvalue weighted by Gasteiger charge is -2.27. The Bertz CT molecular complexity index is 864. The minimum absolute atomic E-state index is 0.184. The number of nitrogens with zero attached hydrogens (tertiary/aromatic N) is 1. The van der Waals surface area contributed by atoms with Crippen LogP contribution in [0.5, 0.6) is 0 Å². The standard InChI is InChI=1S/C21H34N6O7S/c1-11(2)17(27-18(30)13(22)8-12-9-23-10-24-12)20(32)25-14(6-7-35-3)19(31)26-15(21(33)34)4-5-16(28)29/h9-11,13-15,17H,4-8,22H2,1-3H3,(H,23,24)(H,25,32)(H,26,31)(H,27,30)(H,28,29)(H,33,34). The monoisotopic (exact) mass is 514 g/mol. The zero-order chi connectivity index (χ0) is 26.5. The topological polar surface area (TPSA) is 217 Å². The fourth-order valence-corrected chi connectivity index (χ4v) is 3.56. The molecular formula is C21H34N6O7S. The lowest BCUT2D eigenvalue weighted by molar-refractivity contribution is -0.143. The van der Waals surface area contributed by atoms with Gasteiger partial charge in [0.15, 0.2) is 0 Å². The summed E-state index contributed by atoms with van der Waals surface area (Å²) >= 11 is 1.43. The Morgan fingerprint density at radius 3 is 2.20 bits per heavy atom. The molecule has 14 heteroatoms. The van der Waals surface area contributed by atoms with Crippen LogP contribution in [0.3, 0.4) is 0 Å². The molecule has 0 spiro atoms. The zero-order valence-electron chi connectivity index (χ0n) is 19.9. The van der Waals surface area contributed by atoms with Crippen LogP contribution < -0.4 is 21.7 Å². The first-order chi connectivity index (χ1) is 16.5. The van der Waals surface area contributed by atoms with Gasteiger partial charge in [0, 0.05) is 24.7 Å². The number of aliphatic carboxylic acids is 2. The number of imidazole rings is 1. The molecule has 0 radical (unpaired) electrons. The molecule has 3 amide bonds. The molecular weight excluding hydrogens is 480 g/mol. The highest BCUT2D eigenvalue weighted by Gasteiger charge is 2.31. The zero-order valence-corrected chi connectivity index (χ0v) is 20.8. The number of nitrogens with two attached hydrogens (primary N) is 1. The van der Waals surface area contributed by atoms with E-state index in [1.54, 1.807) is 13.8 Å². The molecule has 0 saturated carbocycles. The van der Waals surface area contributed by atoms with Crippen molar-refractivity contribution in [1.82, 2.24) is 25.9 Å². The second-order valence-electron chi connectivity index (χ2n) is 8.29. The summed E-state index contributed by atoms with van der Waals surface area (Å²) in [5, 5.41) is 25.6. The summed E-state index contributed by atoms with van der Waals surface area (Å²) < 4.78 is 0. The van der Waals surface area contributed by atoms with Crippen LogP contribution in [0.4, 0.5) is 0 Å². The number of carboxylic acid groups (broad SMARTS) is 2. The average Bonchev–Trinajstić information content (AvgIpc) is 3.29. The number of carboxylic acids is 2. The molecule has 1 rings (SSSR count). The summed E-state index contributed by atoms with van der Waals surface area (Å²) in [6, 6.07) is -4.44. The Balaban J connectivity index is 2.88. The molecule has 0 aliphatic rings. The average molecular weight is 515 g/mol. The van der Waals surface area contributed by atoms with Crippen molar-refractivity contribution in [1.29, 1.82) is 0 Å². The van der Waals surface area contributed by atoms with Crippen molar-refractivity contribution in [2.24, 2.45) is 11.7 Å². The minimum atomic E-state index is -1.42. The SMILES string of the molecule is CSCCC(NC(=O)C(NC(=O)C(N)Cc1cnc[nH]1)C(C)C)C(=O)NC(CCC(=O)O)C(=O)O. The van der Waals surface area contributed by atoms with Gasteiger partial charge in [-0.3, -0.25) is 19.2 Å². The van der Waals surface area contributed by atoms with Crippen molar-refractivity contribution in [2.45, 2.75) is 63.7 Å². The number of amides is 3. The van der Waals surface area contributed by atoms with Crippen LogP contribution in [-0.2, 0) is 30.4 Å². The highest BCUT2D eigenvalue weighted by molar-refractivity contribution is 7.98. The van der Waals surface area contributed by atoms with Gasteiger partial charge in [0.05, 0.1) is 12.4 Å². The molecule has 0 aliphatic heterocycles. The number of hydrogen-bond acceptors (Lipinski definition) is 8. The summed E-state index contributed by atoms with van der Waals surface area (Å²) in [6.45, 7) is 3.43. The highest BCUT2D eigenvalue weighted by atomic mass is 32.2. The van der Waals surface area contributed by atoms with Crippen molar-refractivity contribution in [2.75, 3.05) is 12.0 Å². The smallest absolute Gasteiger partial charge is 0.326 e. The molecule has 13 nitrogen and oxygen atoms in total. The molecule has 0 bridgehead atoms. The number of rotatable bonds is 16. The lowest BCUT2D eigenvalue weighted by atomic mass is 10.0. The predicted octanol–water partition coefficient (Wildman–Crippen LogP) is -0.908. The van der Waals surface area contributed by atoms with Crippen molar-refractivity contribution in [3.05, 3.63) is 18.2 Å². The van der Waals surface area contributed by atoms with Gasteiger partial charge >= 0.3 is 11.9 Å². The van der Waals surface area contributed by atoms with Crippen molar-refractivity contribution >= 4 is 41.4 Å². The Kier molecular flexibility index (Phi) is 12.8. The van der Waals surface area contributed by atoms with Gasteiger partial charge in [-0.2, -0.15) is 11.8 Å². The Morgan fingerprint density at radius 2 is 1.69 bits per heavy atom. The van der Waals surface area contributed by atoms with E-state index in [0.717, 1.165) is 0 Å². The number of aromatic nitrogens is 2. The van der Waals surface area contributed by atoms with Crippen LogP contribution in [0, 0.1) is 5.92 Å². The predicted molar refractivity (Wildman–Crippen MR) is 128 cm³/mol. The number of hydrogen-bond donors (Lipinski definition) is 7. The van der Waals surface area contributed by atoms with Crippen molar-refractivity contribution in [3.8, 4) is 0 Å². The number of thioether (sulfide) groups is 1. The van der Waals surface area contributed by atoms with E-state index in [9.17, 15) is 29.1 Å². The Hall–Kier alpha value is -3.13. The van der Waals surface area contributed by atoms with E-state index < -0.39 is 60.2 Å². The van der Waals surface area contributed by atoms with Crippen LogP contribution in [0.2, 0.25) is 0 Å². The summed E-state index contributed by atoms with van der Waals surface area (Å²) in [4.78, 5) is 67.3. The van der Waals surface area contributed by atoms with Crippen LogP contribution in [-0.4, -0.2) is 86.0 Å². The molecule has 1 aromatic rings. The number of aromatic amines is 1. The highest BCUT2D eigenvalue weighted by Crippen LogP contribution is 2.08. The maximum Gasteiger partial charge on any atom is 0.326 e. The maximum atomic E-state index is 13.0. The van der Waals surface area contributed by atoms with Crippen LogP contribution >= 0.6 is 11.8 Å². The summed E-state index contributed by atoms with van der Waals surface area (Å²) in [7, 11) is 0. The summed E-state index contributed by atoms with van der Waals surface area (Å²) in [5.41, 5.74) is 6.60. The summed E-state index contributed by atoms with van der Waals surface area (Å²) in [5.74, 6) is -4.37. The van der Waals surface area contributed by atoms with Crippen LogP contribution in [0.15, 0.2) is 12.5 Å². The van der Waals surface area contributed by atoms with Gasteiger partial charge in [0.25, 0.3) is 0 Å². The first-order valence-electron chi connectivity index (χ1n) is 11.0. The molecule has 1 aromatic heterocycles. The number of carbonyl (C=O) groups is 5. The van der Waals surface area contributed by atoms with Gasteiger partial charge in [-0.1, -0.05) is 13.8 Å². The van der Waals surface area contributed by atoms with E-state index in [2.05, 4.69) is 25.9 Å². The van der Waals surface area contributed by atoms with E-state index >= 15 is 0 Å². The second kappa shape index (κ2) is 15.0. The molecule has 4 unspecified atom stereocenters. The molecule has 0 saturated heterocycles. The fourth-order valence-electron chi connectivity index (χ4n) is 3.08. The summed E-state index contributed by atoms with van der Waals surface area (Å²) in [6.07, 6.45) is 4.43. The van der Waals surface area contributed by atoms with Gasteiger partial charge in [0.2, 0.25) is 17.7 Å². The number of nitrogens with one attached hydrogen (secondary N) is 4. The van der Waals surface area contributed by atoms with E-state index in [4.69, 9.17) is 10.8 Å². The van der Waals surface area contributed by atoms with E-state index in [-0.39, 0.29) is 25.2 Å². The van der Waals surface area contributed by atoms with Crippen molar-refractivity contribution < 1.29 is 34.2 Å². The molecule has 0 fully saturated rings. The van der Waals surface area contributed by atoms with Gasteiger partial charge in [0.1, 0.15) is 18.1 Å². The largest absolute Gasteiger partial charge is 0.481 e. The van der Waals surface area contributed by atoms with Crippen molar-refractivity contribution in [3.63, 3.8) is 0 Å². The van der Waals surface area contributed by atoms with Crippen LogP contribution in [0.25, 0.3) is 0 Å². The number of H-pyrrole nitrogens is 1. The second-order valence-corrected chi connectivity index (χ2v) is 9.28. The quantitative estimate of drug-likeness (QED) is 0.144. The minimum Gasteiger partial charge on any atom is -0.481 e. The van der Waals surface area contributed by atoms with Gasteiger partial charge in [-0.05, 0) is 30.8 Å². The van der Waals surface area contributed by atoms with E-state index in [1.807, 2.05) is 6.26 Å². The maximum absolute atomic E-state index is 13.0.